The zero-order valence-corrected chi connectivity index (χ0v) is 15.5. The number of nitrogens with zero attached hydrogens (tertiary/aromatic N) is 3. The molecule has 2 aromatic heterocycles. The summed E-state index contributed by atoms with van der Waals surface area (Å²) in [5.74, 6) is -0.0684. The summed E-state index contributed by atoms with van der Waals surface area (Å²) in [5.41, 5.74) is 2.18. The molecule has 0 saturated heterocycles. The van der Waals surface area contributed by atoms with Gasteiger partial charge in [-0.05, 0) is 36.8 Å². The summed E-state index contributed by atoms with van der Waals surface area (Å²) in [6.45, 7) is -0.729. The fourth-order valence-corrected chi connectivity index (χ4v) is 3.53. The van der Waals surface area contributed by atoms with Crippen LogP contribution in [0.5, 0.6) is 5.75 Å². The van der Waals surface area contributed by atoms with Crippen LogP contribution < -0.4 is 4.74 Å². The average molecular weight is 389 g/mol. The van der Waals surface area contributed by atoms with Gasteiger partial charge in [-0.1, -0.05) is 18.2 Å². The van der Waals surface area contributed by atoms with Gasteiger partial charge in [0.1, 0.15) is 15.6 Å². The van der Waals surface area contributed by atoms with Crippen molar-refractivity contribution < 1.29 is 18.3 Å². The molecule has 0 radical (unpaired) electrons. The van der Waals surface area contributed by atoms with Crippen LogP contribution in [-0.2, 0) is 6.54 Å². The first-order valence-electron chi connectivity index (χ1n) is 8.12. The largest absolute Gasteiger partial charge is 0.435 e. The third-order valence-electron chi connectivity index (χ3n) is 3.79. The number of thiazole rings is 1. The van der Waals surface area contributed by atoms with E-state index in [2.05, 4.69) is 14.7 Å². The first-order chi connectivity index (χ1) is 12.9. The van der Waals surface area contributed by atoms with E-state index in [1.807, 2.05) is 18.2 Å². The van der Waals surface area contributed by atoms with Crippen molar-refractivity contribution in [3.05, 3.63) is 64.8 Å². The quantitative estimate of drug-likeness (QED) is 0.628. The monoisotopic (exact) mass is 389 g/mol. The number of amides is 1. The Morgan fingerprint density at radius 3 is 2.59 bits per heavy atom. The summed E-state index contributed by atoms with van der Waals surface area (Å²) < 4.78 is 28.7. The van der Waals surface area contributed by atoms with Gasteiger partial charge in [-0.25, -0.2) is 4.98 Å². The molecule has 2 heterocycles. The maximum atomic E-state index is 12.8. The van der Waals surface area contributed by atoms with Gasteiger partial charge in [0.15, 0.2) is 0 Å². The molecular weight excluding hydrogens is 372 g/mol. The zero-order chi connectivity index (χ0) is 19.4. The molecule has 0 atom stereocenters. The topological polar surface area (TPSA) is 55.3 Å². The SMILES string of the molecule is Cc1nc(-c2ccccn2)sc1C(=O)N(C)Cc1ccc(OC(F)F)cc1. The van der Waals surface area contributed by atoms with Crippen molar-refractivity contribution in [2.75, 3.05) is 7.05 Å². The third-order valence-corrected chi connectivity index (χ3v) is 4.96. The van der Waals surface area contributed by atoms with E-state index in [-0.39, 0.29) is 11.7 Å². The summed E-state index contributed by atoms with van der Waals surface area (Å²) in [6, 6.07) is 11.8. The van der Waals surface area contributed by atoms with Gasteiger partial charge in [-0.2, -0.15) is 8.78 Å². The number of pyridine rings is 1. The van der Waals surface area contributed by atoms with Crippen molar-refractivity contribution in [1.82, 2.24) is 14.9 Å². The molecule has 27 heavy (non-hydrogen) atoms. The van der Waals surface area contributed by atoms with Gasteiger partial charge in [-0.15, -0.1) is 11.3 Å². The van der Waals surface area contributed by atoms with Gasteiger partial charge in [0.25, 0.3) is 5.91 Å². The molecule has 0 spiro atoms. The number of alkyl halides is 2. The molecule has 5 nitrogen and oxygen atoms in total. The summed E-state index contributed by atoms with van der Waals surface area (Å²) in [7, 11) is 1.69. The predicted molar refractivity (Wildman–Crippen MR) is 99.0 cm³/mol. The highest BCUT2D eigenvalue weighted by Gasteiger charge is 2.20. The first-order valence-corrected chi connectivity index (χ1v) is 8.93. The number of rotatable bonds is 6. The fraction of sp³-hybridized carbons (Fsp3) is 0.211. The second-order valence-electron chi connectivity index (χ2n) is 5.83. The molecule has 0 N–H and O–H groups in total. The highest BCUT2D eigenvalue weighted by atomic mass is 32.1. The van der Waals surface area contributed by atoms with Crippen LogP contribution in [0, 0.1) is 6.92 Å². The Bertz CT molecular complexity index is 914. The normalized spacial score (nSPS) is 10.9. The minimum Gasteiger partial charge on any atom is -0.435 e. The van der Waals surface area contributed by atoms with E-state index < -0.39 is 6.61 Å². The number of carbonyl (C=O) groups is 1. The van der Waals surface area contributed by atoms with Crippen LogP contribution in [0.15, 0.2) is 48.7 Å². The van der Waals surface area contributed by atoms with E-state index in [0.717, 1.165) is 11.3 Å². The number of hydrogen-bond donors (Lipinski definition) is 0. The lowest BCUT2D eigenvalue weighted by molar-refractivity contribution is -0.0498. The molecule has 140 valence electrons. The van der Waals surface area contributed by atoms with Crippen molar-refractivity contribution >= 4 is 17.2 Å². The maximum absolute atomic E-state index is 12.8. The van der Waals surface area contributed by atoms with Gasteiger partial charge < -0.3 is 9.64 Å². The Kier molecular flexibility index (Phi) is 5.75. The van der Waals surface area contributed by atoms with Gasteiger partial charge in [0.05, 0.1) is 11.4 Å². The molecule has 0 bridgehead atoms. The van der Waals surface area contributed by atoms with Gasteiger partial charge in [0, 0.05) is 19.8 Å². The van der Waals surface area contributed by atoms with E-state index in [4.69, 9.17) is 0 Å². The molecule has 1 amide bonds. The van der Waals surface area contributed by atoms with Crippen molar-refractivity contribution in [3.63, 3.8) is 0 Å². The molecule has 0 aliphatic carbocycles. The number of aryl methyl sites for hydroxylation is 1. The van der Waals surface area contributed by atoms with Crippen LogP contribution in [0.4, 0.5) is 8.78 Å². The molecule has 0 unspecified atom stereocenters. The highest BCUT2D eigenvalue weighted by Crippen LogP contribution is 2.27. The third kappa shape index (κ3) is 4.65. The Morgan fingerprint density at radius 1 is 1.22 bits per heavy atom. The lowest BCUT2D eigenvalue weighted by atomic mass is 10.2. The average Bonchev–Trinajstić information content (AvgIpc) is 3.04. The van der Waals surface area contributed by atoms with Crippen molar-refractivity contribution in [2.45, 2.75) is 20.1 Å². The Hall–Kier alpha value is -2.87. The lowest BCUT2D eigenvalue weighted by Gasteiger charge is -2.17. The Balaban J connectivity index is 1.71. The second kappa shape index (κ2) is 8.22. The second-order valence-corrected chi connectivity index (χ2v) is 6.83. The molecule has 0 aliphatic heterocycles. The number of halogens is 2. The minimum absolute atomic E-state index is 0.0843. The van der Waals surface area contributed by atoms with Crippen LogP contribution in [0.2, 0.25) is 0 Å². The Morgan fingerprint density at radius 2 is 1.96 bits per heavy atom. The summed E-state index contributed by atoms with van der Waals surface area (Å²) in [4.78, 5) is 23.6. The van der Waals surface area contributed by atoms with Crippen LogP contribution in [0.25, 0.3) is 10.7 Å². The molecule has 0 aliphatic rings. The summed E-state index contributed by atoms with van der Waals surface area (Å²) in [6.07, 6.45) is 1.68. The van der Waals surface area contributed by atoms with Crippen LogP contribution in [0.1, 0.15) is 20.9 Å². The predicted octanol–water partition coefficient (Wildman–Crippen LogP) is 4.39. The molecule has 3 rings (SSSR count). The van der Waals surface area contributed by atoms with Gasteiger partial charge >= 0.3 is 6.61 Å². The zero-order valence-electron chi connectivity index (χ0n) is 14.7. The molecule has 0 fully saturated rings. The standard InChI is InChI=1S/C19H17F2N3O2S/c1-12-16(27-17(23-12)15-5-3-4-10-22-15)18(25)24(2)11-13-6-8-14(9-7-13)26-19(20)21/h3-10,19H,11H2,1-2H3. The summed E-state index contributed by atoms with van der Waals surface area (Å²) in [5, 5.41) is 0.693. The van der Waals surface area contributed by atoms with E-state index >= 15 is 0 Å². The molecule has 3 aromatic rings. The van der Waals surface area contributed by atoms with Crippen LogP contribution in [0.3, 0.4) is 0 Å². The van der Waals surface area contributed by atoms with Crippen LogP contribution in [-0.4, -0.2) is 34.4 Å². The number of aromatic nitrogens is 2. The number of benzene rings is 1. The van der Waals surface area contributed by atoms with E-state index in [9.17, 15) is 13.6 Å². The number of carbonyl (C=O) groups excluding carboxylic acids is 1. The highest BCUT2D eigenvalue weighted by molar-refractivity contribution is 7.17. The van der Waals surface area contributed by atoms with E-state index in [1.54, 1.807) is 37.2 Å². The minimum atomic E-state index is -2.86. The number of ether oxygens (including phenoxy) is 1. The fourth-order valence-electron chi connectivity index (χ4n) is 2.49. The van der Waals surface area contributed by atoms with E-state index in [0.29, 0.717) is 22.1 Å². The van der Waals surface area contributed by atoms with Crippen molar-refractivity contribution in [2.24, 2.45) is 0 Å². The molecular formula is C19H17F2N3O2S. The maximum Gasteiger partial charge on any atom is 0.387 e. The number of hydrogen-bond acceptors (Lipinski definition) is 5. The smallest absolute Gasteiger partial charge is 0.387 e. The van der Waals surface area contributed by atoms with Gasteiger partial charge in [0.2, 0.25) is 0 Å². The Labute approximate surface area is 159 Å². The lowest BCUT2D eigenvalue weighted by Crippen LogP contribution is -2.26. The molecule has 8 heteroatoms. The molecule has 0 saturated carbocycles. The summed E-state index contributed by atoms with van der Waals surface area (Å²) >= 11 is 1.30. The van der Waals surface area contributed by atoms with Crippen LogP contribution >= 0.6 is 11.3 Å². The van der Waals surface area contributed by atoms with E-state index in [1.165, 1.54) is 23.5 Å². The van der Waals surface area contributed by atoms with Gasteiger partial charge in [-0.3, -0.25) is 9.78 Å². The molecule has 1 aromatic carbocycles. The van der Waals surface area contributed by atoms with Crippen molar-refractivity contribution in [3.8, 4) is 16.5 Å². The van der Waals surface area contributed by atoms with Crippen molar-refractivity contribution in [1.29, 1.82) is 0 Å². The first kappa shape index (κ1) is 18.9.